The summed E-state index contributed by atoms with van der Waals surface area (Å²) in [6.07, 6.45) is 0. The highest BCUT2D eigenvalue weighted by molar-refractivity contribution is 9.08. The van der Waals surface area contributed by atoms with Gasteiger partial charge in [-0.25, -0.2) is 0 Å². The van der Waals surface area contributed by atoms with Crippen molar-refractivity contribution >= 4 is 26.0 Å². The normalized spacial score (nSPS) is 11.4. The standard InChI is InChI=1S/C13H11BrO3S/c14-9-11-7-4-8-12(13(11)18(15,16)17)10-5-2-1-3-6-10/h1-8H,9H2,(H,15,16,17). The molecule has 0 saturated heterocycles. The minimum absolute atomic E-state index is 0.0342. The topological polar surface area (TPSA) is 54.4 Å². The van der Waals surface area contributed by atoms with E-state index in [4.69, 9.17) is 0 Å². The summed E-state index contributed by atoms with van der Waals surface area (Å²) in [6, 6.07) is 14.2. The molecule has 0 amide bonds. The first kappa shape index (κ1) is 13.3. The lowest BCUT2D eigenvalue weighted by molar-refractivity contribution is 0.483. The zero-order valence-corrected chi connectivity index (χ0v) is 11.8. The summed E-state index contributed by atoms with van der Waals surface area (Å²) < 4.78 is 32.5. The summed E-state index contributed by atoms with van der Waals surface area (Å²) in [6.45, 7) is 0. The van der Waals surface area contributed by atoms with E-state index in [1.165, 1.54) is 0 Å². The quantitative estimate of drug-likeness (QED) is 0.693. The molecule has 0 fully saturated rings. The summed E-state index contributed by atoms with van der Waals surface area (Å²) in [4.78, 5) is -0.0342. The Kier molecular flexibility index (Phi) is 3.85. The maximum Gasteiger partial charge on any atom is 0.295 e. The third-order valence-corrected chi connectivity index (χ3v) is 4.19. The maximum atomic E-state index is 11.5. The van der Waals surface area contributed by atoms with Crippen LogP contribution in [0, 0.1) is 0 Å². The molecule has 0 radical (unpaired) electrons. The van der Waals surface area contributed by atoms with Crippen molar-refractivity contribution in [2.75, 3.05) is 0 Å². The van der Waals surface area contributed by atoms with E-state index in [0.717, 1.165) is 5.56 Å². The number of alkyl halides is 1. The molecule has 18 heavy (non-hydrogen) atoms. The third kappa shape index (κ3) is 2.63. The van der Waals surface area contributed by atoms with E-state index in [0.29, 0.717) is 16.5 Å². The van der Waals surface area contributed by atoms with Crippen molar-refractivity contribution in [3.63, 3.8) is 0 Å². The van der Waals surface area contributed by atoms with Gasteiger partial charge in [-0.2, -0.15) is 8.42 Å². The largest absolute Gasteiger partial charge is 0.295 e. The van der Waals surface area contributed by atoms with Crippen molar-refractivity contribution in [1.82, 2.24) is 0 Å². The molecule has 2 aromatic carbocycles. The Morgan fingerprint density at radius 1 is 1.00 bits per heavy atom. The lowest BCUT2D eigenvalue weighted by Gasteiger charge is -2.11. The minimum atomic E-state index is -4.25. The molecule has 5 heteroatoms. The summed E-state index contributed by atoms with van der Waals surface area (Å²) in [7, 11) is -4.25. The highest BCUT2D eigenvalue weighted by Crippen LogP contribution is 2.31. The van der Waals surface area contributed by atoms with Gasteiger partial charge in [0.25, 0.3) is 10.1 Å². The van der Waals surface area contributed by atoms with Crippen LogP contribution in [0.4, 0.5) is 0 Å². The fraction of sp³-hybridized carbons (Fsp3) is 0.0769. The van der Waals surface area contributed by atoms with E-state index in [2.05, 4.69) is 15.9 Å². The van der Waals surface area contributed by atoms with Gasteiger partial charge in [-0.1, -0.05) is 64.5 Å². The lowest BCUT2D eigenvalue weighted by atomic mass is 10.0. The maximum absolute atomic E-state index is 11.5. The van der Waals surface area contributed by atoms with Crippen molar-refractivity contribution in [2.24, 2.45) is 0 Å². The SMILES string of the molecule is O=S(=O)(O)c1c(CBr)cccc1-c1ccccc1. The van der Waals surface area contributed by atoms with E-state index in [1.807, 2.05) is 30.3 Å². The Morgan fingerprint density at radius 3 is 2.22 bits per heavy atom. The van der Waals surface area contributed by atoms with Crippen molar-refractivity contribution in [1.29, 1.82) is 0 Å². The fourth-order valence-corrected chi connectivity index (χ4v) is 3.43. The van der Waals surface area contributed by atoms with Crippen LogP contribution in [0.3, 0.4) is 0 Å². The lowest BCUT2D eigenvalue weighted by Crippen LogP contribution is -2.04. The van der Waals surface area contributed by atoms with Crippen LogP contribution < -0.4 is 0 Å². The molecule has 0 bridgehead atoms. The molecular formula is C13H11BrO3S. The Balaban J connectivity index is 2.77. The van der Waals surface area contributed by atoms with Crippen LogP contribution in [-0.2, 0) is 15.4 Å². The van der Waals surface area contributed by atoms with E-state index >= 15 is 0 Å². The van der Waals surface area contributed by atoms with Crippen molar-refractivity contribution in [3.8, 4) is 11.1 Å². The van der Waals surface area contributed by atoms with Gasteiger partial charge in [-0.05, 0) is 11.1 Å². The van der Waals surface area contributed by atoms with Crippen LogP contribution in [0.5, 0.6) is 0 Å². The van der Waals surface area contributed by atoms with Crippen LogP contribution in [0.2, 0.25) is 0 Å². The van der Waals surface area contributed by atoms with Crippen LogP contribution in [-0.4, -0.2) is 13.0 Å². The highest BCUT2D eigenvalue weighted by atomic mass is 79.9. The number of halogens is 1. The summed E-state index contributed by atoms with van der Waals surface area (Å²) in [5.41, 5.74) is 1.81. The van der Waals surface area contributed by atoms with Crippen LogP contribution in [0.25, 0.3) is 11.1 Å². The zero-order chi connectivity index (χ0) is 13.2. The van der Waals surface area contributed by atoms with Crippen molar-refractivity contribution in [2.45, 2.75) is 10.2 Å². The number of rotatable bonds is 3. The molecule has 2 aromatic rings. The van der Waals surface area contributed by atoms with Gasteiger partial charge in [-0.3, -0.25) is 4.55 Å². The molecule has 0 heterocycles. The molecule has 0 aliphatic heterocycles. The second kappa shape index (κ2) is 5.22. The van der Waals surface area contributed by atoms with Crippen LogP contribution >= 0.6 is 15.9 Å². The Bertz CT molecular complexity index is 651. The molecule has 0 aromatic heterocycles. The smallest absolute Gasteiger partial charge is 0.282 e. The number of hydrogen-bond donors (Lipinski definition) is 1. The molecule has 0 spiro atoms. The molecule has 0 aliphatic carbocycles. The average Bonchev–Trinajstić information content (AvgIpc) is 2.38. The second-order valence-corrected chi connectivity index (χ2v) is 5.69. The Labute approximate surface area is 114 Å². The first-order chi connectivity index (χ1) is 8.54. The van der Waals surface area contributed by atoms with Gasteiger partial charge < -0.3 is 0 Å². The summed E-state index contributed by atoms with van der Waals surface area (Å²) in [5.74, 6) is 0. The molecule has 1 N–H and O–H groups in total. The molecule has 0 aliphatic rings. The first-order valence-corrected chi connectivity index (χ1v) is 7.81. The van der Waals surface area contributed by atoms with E-state index in [9.17, 15) is 13.0 Å². The van der Waals surface area contributed by atoms with Gasteiger partial charge in [0.2, 0.25) is 0 Å². The molecule has 0 saturated carbocycles. The molecule has 0 unspecified atom stereocenters. The van der Waals surface area contributed by atoms with Crippen LogP contribution in [0.15, 0.2) is 53.4 Å². The first-order valence-electron chi connectivity index (χ1n) is 5.25. The Morgan fingerprint density at radius 2 is 1.67 bits per heavy atom. The average molecular weight is 327 g/mol. The predicted molar refractivity (Wildman–Crippen MR) is 74.3 cm³/mol. The van der Waals surface area contributed by atoms with Crippen molar-refractivity contribution in [3.05, 3.63) is 54.1 Å². The Hall–Kier alpha value is -1.17. The third-order valence-electron chi connectivity index (χ3n) is 2.58. The monoisotopic (exact) mass is 326 g/mol. The van der Waals surface area contributed by atoms with Gasteiger partial charge in [-0.15, -0.1) is 0 Å². The van der Waals surface area contributed by atoms with Gasteiger partial charge in [0, 0.05) is 10.9 Å². The van der Waals surface area contributed by atoms with Crippen LogP contribution in [0.1, 0.15) is 5.56 Å². The summed E-state index contributed by atoms with van der Waals surface area (Å²) in [5, 5.41) is 0.364. The van der Waals surface area contributed by atoms with Gasteiger partial charge in [0.15, 0.2) is 0 Å². The van der Waals surface area contributed by atoms with E-state index in [1.54, 1.807) is 18.2 Å². The highest BCUT2D eigenvalue weighted by Gasteiger charge is 2.20. The summed E-state index contributed by atoms with van der Waals surface area (Å²) >= 11 is 3.23. The molecule has 2 rings (SSSR count). The van der Waals surface area contributed by atoms with Gasteiger partial charge >= 0.3 is 0 Å². The fourth-order valence-electron chi connectivity index (χ4n) is 1.84. The number of hydrogen-bond acceptors (Lipinski definition) is 2. The number of benzene rings is 2. The van der Waals surface area contributed by atoms with E-state index < -0.39 is 10.1 Å². The molecule has 94 valence electrons. The zero-order valence-electron chi connectivity index (χ0n) is 9.38. The van der Waals surface area contributed by atoms with Gasteiger partial charge in [0.05, 0.1) is 0 Å². The second-order valence-electron chi connectivity index (χ2n) is 3.77. The molecule has 0 atom stereocenters. The molecular weight excluding hydrogens is 316 g/mol. The van der Waals surface area contributed by atoms with Gasteiger partial charge in [0.1, 0.15) is 4.90 Å². The van der Waals surface area contributed by atoms with Crippen molar-refractivity contribution < 1.29 is 13.0 Å². The predicted octanol–water partition coefficient (Wildman–Crippen LogP) is 3.50. The molecule has 3 nitrogen and oxygen atoms in total. The minimum Gasteiger partial charge on any atom is -0.282 e. The van der Waals surface area contributed by atoms with E-state index in [-0.39, 0.29) is 4.90 Å².